The lowest BCUT2D eigenvalue weighted by Crippen LogP contribution is -2.56. The lowest BCUT2D eigenvalue weighted by Gasteiger charge is -2.38. The van der Waals surface area contributed by atoms with Crippen molar-refractivity contribution in [2.24, 2.45) is 0 Å². The molecule has 7 rings (SSSR count). The third-order valence-electron chi connectivity index (χ3n) is 7.84. The monoisotopic (exact) mass is 554 g/mol. The molecule has 10 atom stereocenters. The Labute approximate surface area is 226 Å². The van der Waals surface area contributed by atoms with Crippen LogP contribution in [0.15, 0.2) is 0 Å². The molecule has 0 unspecified atom stereocenters. The number of rotatable bonds is 4. The lowest BCUT2D eigenvalue weighted by molar-refractivity contribution is -0.237. The van der Waals surface area contributed by atoms with Crippen molar-refractivity contribution in [1.82, 2.24) is 20.2 Å². The van der Waals surface area contributed by atoms with E-state index in [0.717, 1.165) is 0 Å². The van der Waals surface area contributed by atoms with Gasteiger partial charge in [-0.15, -0.1) is 5.10 Å². The molecule has 0 bridgehead atoms. The standard InChI is InChI=1S/C25H38N4O10/c1-22(2)32-14-11(30-20-18(16(14)34-22)36-24(5,6)38-20)9-13-26-27-28-29(13)10-12-15-17(35-23(3,4)33-15)19-21(31-12)39-25(7,8)37-19/h11-12,14-21H,9-10H2,1-8H3/t11-,12-,14+,15+,16+,17+,18-,19-,20-,21-/m1/s1. The molecule has 0 spiro atoms. The fourth-order valence-electron chi connectivity index (χ4n) is 6.56. The third-order valence-corrected chi connectivity index (χ3v) is 7.84. The fourth-order valence-corrected chi connectivity index (χ4v) is 6.56. The molecular weight excluding hydrogens is 516 g/mol. The van der Waals surface area contributed by atoms with Gasteiger partial charge in [-0.3, -0.25) is 0 Å². The van der Waals surface area contributed by atoms with E-state index in [9.17, 15) is 0 Å². The molecule has 0 saturated carbocycles. The number of ether oxygens (including phenoxy) is 10. The predicted octanol–water partition coefficient (Wildman–Crippen LogP) is 1.01. The summed E-state index contributed by atoms with van der Waals surface area (Å²) in [5.41, 5.74) is 0. The summed E-state index contributed by atoms with van der Waals surface area (Å²) in [4.78, 5) is 0. The molecule has 6 aliphatic rings. The van der Waals surface area contributed by atoms with E-state index in [4.69, 9.17) is 47.4 Å². The molecule has 14 nitrogen and oxygen atoms in total. The maximum absolute atomic E-state index is 6.37. The van der Waals surface area contributed by atoms with Crippen molar-refractivity contribution in [2.75, 3.05) is 0 Å². The molecule has 14 heteroatoms. The first-order chi connectivity index (χ1) is 18.2. The van der Waals surface area contributed by atoms with Crippen molar-refractivity contribution in [3.63, 3.8) is 0 Å². The summed E-state index contributed by atoms with van der Waals surface area (Å²) in [7, 11) is 0. The van der Waals surface area contributed by atoms with Gasteiger partial charge in [-0.1, -0.05) is 0 Å². The molecule has 0 aliphatic carbocycles. The molecule has 0 N–H and O–H groups in total. The average molecular weight is 555 g/mol. The van der Waals surface area contributed by atoms with Gasteiger partial charge in [-0.2, -0.15) is 0 Å². The van der Waals surface area contributed by atoms with Crippen molar-refractivity contribution in [3.8, 4) is 0 Å². The van der Waals surface area contributed by atoms with E-state index in [1.165, 1.54) is 0 Å². The minimum Gasteiger partial charge on any atom is -0.343 e. The predicted molar refractivity (Wildman–Crippen MR) is 127 cm³/mol. The summed E-state index contributed by atoms with van der Waals surface area (Å²) in [5, 5.41) is 12.5. The van der Waals surface area contributed by atoms with Crippen LogP contribution in [0.2, 0.25) is 0 Å². The molecule has 39 heavy (non-hydrogen) atoms. The summed E-state index contributed by atoms with van der Waals surface area (Å²) >= 11 is 0. The largest absolute Gasteiger partial charge is 0.343 e. The number of hydrogen-bond acceptors (Lipinski definition) is 13. The molecule has 0 aromatic carbocycles. The van der Waals surface area contributed by atoms with Crippen molar-refractivity contribution >= 4 is 0 Å². The Morgan fingerprint density at radius 2 is 1.00 bits per heavy atom. The molecule has 1 aromatic rings. The molecular formula is C25H38N4O10. The van der Waals surface area contributed by atoms with Gasteiger partial charge in [0, 0.05) is 6.42 Å². The quantitative estimate of drug-likeness (QED) is 0.524. The van der Waals surface area contributed by atoms with Crippen molar-refractivity contribution in [1.29, 1.82) is 0 Å². The van der Waals surface area contributed by atoms with Crippen LogP contribution >= 0.6 is 0 Å². The van der Waals surface area contributed by atoms with E-state index < -0.39 is 72.4 Å². The van der Waals surface area contributed by atoms with Gasteiger partial charge in [-0.25, -0.2) is 4.68 Å². The molecule has 6 saturated heterocycles. The van der Waals surface area contributed by atoms with Crippen LogP contribution in [0.4, 0.5) is 0 Å². The van der Waals surface area contributed by atoms with E-state index in [1.54, 1.807) is 4.68 Å². The van der Waals surface area contributed by atoms with Crippen LogP contribution in [-0.4, -0.2) is 105 Å². The van der Waals surface area contributed by atoms with Crippen LogP contribution in [0.3, 0.4) is 0 Å². The SMILES string of the molecule is CC1(C)O[C@H]2[C@@H](O1)[C@@H](Cc1nnnn1C[C@H]1O[C@@H]3OC(C)(C)O[C@@H]3[C@H]3OC(C)(C)O[C@H]31)O[C@@H]1OC(C)(C)O[C@@H]12. The zero-order valence-electron chi connectivity index (χ0n) is 23.6. The Bertz CT molecular complexity index is 1030. The summed E-state index contributed by atoms with van der Waals surface area (Å²) in [5.74, 6) is -2.57. The second kappa shape index (κ2) is 8.60. The first-order valence-electron chi connectivity index (χ1n) is 13.7. The summed E-state index contributed by atoms with van der Waals surface area (Å²) in [6.07, 6.45) is -4.02. The van der Waals surface area contributed by atoms with E-state index in [2.05, 4.69) is 15.5 Å². The number of tetrazole rings is 1. The Morgan fingerprint density at radius 1 is 0.564 bits per heavy atom. The lowest BCUT2D eigenvalue weighted by atomic mass is 9.96. The average Bonchev–Trinajstić information content (AvgIpc) is 3.57. The third kappa shape index (κ3) is 4.72. The Morgan fingerprint density at radius 3 is 1.56 bits per heavy atom. The molecule has 7 heterocycles. The molecule has 0 amide bonds. The Kier molecular flexibility index (Phi) is 5.85. The maximum Gasteiger partial charge on any atom is 0.190 e. The van der Waals surface area contributed by atoms with Crippen molar-refractivity contribution in [3.05, 3.63) is 5.82 Å². The molecule has 1 aromatic heterocycles. The van der Waals surface area contributed by atoms with Crippen LogP contribution in [-0.2, 0) is 60.3 Å². The second-order valence-corrected chi connectivity index (χ2v) is 12.9. The van der Waals surface area contributed by atoms with Crippen LogP contribution in [0.5, 0.6) is 0 Å². The Balaban J connectivity index is 1.11. The smallest absolute Gasteiger partial charge is 0.190 e. The fraction of sp³-hybridized carbons (Fsp3) is 0.960. The number of fused-ring (bicyclic) bond motifs is 6. The van der Waals surface area contributed by atoms with Gasteiger partial charge < -0.3 is 47.4 Å². The van der Waals surface area contributed by atoms with Crippen LogP contribution in [0.1, 0.15) is 61.2 Å². The molecule has 218 valence electrons. The highest BCUT2D eigenvalue weighted by Gasteiger charge is 2.62. The van der Waals surface area contributed by atoms with Crippen LogP contribution in [0, 0.1) is 0 Å². The van der Waals surface area contributed by atoms with Crippen LogP contribution in [0.25, 0.3) is 0 Å². The maximum atomic E-state index is 6.37. The van der Waals surface area contributed by atoms with E-state index in [0.29, 0.717) is 18.8 Å². The van der Waals surface area contributed by atoms with E-state index in [1.807, 2.05) is 55.4 Å². The van der Waals surface area contributed by atoms with Gasteiger partial charge in [0.05, 0.1) is 12.6 Å². The second-order valence-electron chi connectivity index (χ2n) is 12.9. The highest BCUT2D eigenvalue weighted by Crippen LogP contribution is 2.46. The topological polar surface area (TPSA) is 136 Å². The van der Waals surface area contributed by atoms with Gasteiger partial charge in [0.25, 0.3) is 0 Å². The highest BCUT2D eigenvalue weighted by atomic mass is 16.9. The zero-order chi connectivity index (χ0) is 27.5. The minimum atomic E-state index is -0.796. The Hall–Kier alpha value is -1.33. The number of hydrogen-bond donors (Lipinski definition) is 0. The summed E-state index contributed by atoms with van der Waals surface area (Å²) < 4.78 is 63.8. The van der Waals surface area contributed by atoms with Gasteiger partial charge in [0.1, 0.15) is 42.7 Å². The minimum absolute atomic E-state index is 0.318. The first-order valence-corrected chi connectivity index (χ1v) is 13.7. The first kappa shape index (κ1) is 26.6. The van der Waals surface area contributed by atoms with Crippen LogP contribution < -0.4 is 0 Å². The molecule has 6 fully saturated rings. The van der Waals surface area contributed by atoms with E-state index in [-0.39, 0.29) is 12.2 Å². The normalized spacial score (nSPS) is 46.5. The van der Waals surface area contributed by atoms with Crippen molar-refractivity contribution in [2.45, 2.75) is 153 Å². The zero-order valence-corrected chi connectivity index (χ0v) is 23.6. The highest BCUT2D eigenvalue weighted by molar-refractivity contribution is 5.04. The molecule has 6 aliphatic heterocycles. The number of nitrogens with zero attached hydrogens (tertiary/aromatic N) is 4. The summed E-state index contributed by atoms with van der Waals surface area (Å²) in [6, 6.07) is 0. The van der Waals surface area contributed by atoms with Crippen molar-refractivity contribution < 1.29 is 47.4 Å². The van der Waals surface area contributed by atoms with Gasteiger partial charge in [-0.05, 0) is 65.8 Å². The van der Waals surface area contributed by atoms with Gasteiger partial charge in [0.15, 0.2) is 41.6 Å². The molecule has 0 radical (unpaired) electrons. The van der Waals surface area contributed by atoms with E-state index >= 15 is 0 Å². The van der Waals surface area contributed by atoms with Gasteiger partial charge in [0.2, 0.25) is 0 Å². The number of aromatic nitrogens is 4. The summed E-state index contributed by atoms with van der Waals surface area (Å²) in [6.45, 7) is 15.3. The van der Waals surface area contributed by atoms with Gasteiger partial charge >= 0.3 is 0 Å².